The van der Waals surface area contributed by atoms with Crippen molar-refractivity contribution in [2.45, 2.75) is 0 Å². The minimum Gasteiger partial charge on any atom is -0.326 e. The van der Waals surface area contributed by atoms with Gasteiger partial charge in [-0.1, -0.05) is 24.3 Å². The van der Waals surface area contributed by atoms with E-state index in [1.165, 1.54) is 0 Å². The molecule has 3 aromatic rings. The monoisotopic (exact) mass is 262 g/mol. The van der Waals surface area contributed by atoms with Crippen molar-refractivity contribution in [2.24, 2.45) is 0 Å². The third kappa shape index (κ3) is 2.90. The summed E-state index contributed by atoms with van der Waals surface area (Å²) in [5.41, 5.74) is 1.95. The van der Waals surface area contributed by atoms with Gasteiger partial charge in [0.1, 0.15) is 0 Å². The molecule has 0 unspecified atom stereocenters. The van der Waals surface area contributed by atoms with Crippen molar-refractivity contribution >= 4 is 30.1 Å². The van der Waals surface area contributed by atoms with Gasteiger partial charge < -0.3 is 9.79 Å². The molecule has 18 heavy (non-hydrogen) atoms. The van der Waals surface area contributed by atoms with E-state index in [-0.39, 0.29) is 0 Å². The second-order valence-electron chi connectivity index (χ2n) is 3.50. The highest BCUT2D eigenvalue weighted by Gasteiger charge is 2.00. The summed E-state index contributed by atoms with van der Waals surface area (Å²) in [7, 11) is -3.13. The SMILES string of the molecule is O=[PH](O)O.c1cnc2c(c1)ccc1cccnc12. The first-order valence-electron chi connectivity index (χ1n) is 5.19. The smallest absolute Gasteiger partial charge is 0.314 e. The maximum atomic E-state index is 8.74. The van der Waals surface area contributed by atoms with Gasteiger partial charge in [0.2, 0.25) is 0 Å². The van der Waals surface area contributed by atoms with Crippen LogP contribution in [-0.2, 0) is 4.57 Å². The van der Waals surface area contributed by atoms with Gasteiger partial charge in [0.25, 0.3) is 0 Å². The fourth-order valence-electron chi connectivity index (χ4n) is 1.68. The zero-order chi connectivity index (χ0) is 13.0. The molecular weight excluding hydrogens is 251 g/mol. The topological polar surface area (TPSA) is 83.3 Å². The molecule has 0 radical (unpaired) electrons. The molecular formula is C12H11N2O3P. The maximum absolute atomic E-state index is 8.74. The lowest BCUT2D eigenvalue weighted by Gasteiger charge is -2.00. The third-order valence-electron chi connectivity index (χ3n) is 2.34. The molecule has 2 heterocycles. The van der Waals surface area contributed by atoms with Crippen LogP contribution in [0.3, 0.4) is 0 Å². The first-order chi connectivity index (χ1) is 8.68. The maximum Gasteiger partial charge on any atom is 0.314 e. The van der Waals surface area contributed by atoms with Crippen LogP contribution in [0.4, 0.5) is 0 Å². The van der Waals surface area contributed by atoms with Crippen molar-refractivity contribution in [1.29, 1.82) is 0 Å². The molecule has 0 bridgehead atoms. The Bertz CT molecular complexity index is 644. The molecule has 0 spiro atoms. The molecule has 1 aromatic carbocycles. The van der Waals surface area contributed by atoms with Crippen LogP contribution in [0, 0.1) is 0 Å². The minimum absolute atomic E-state index is 0.977. The van der Waals surface area contributed by atoms with Crippen LogP contribution >= 0.6 is 8.25 Å². The van der Waals surface area contributed by atoms with E-state index < -0.39 is 8.25 Å². The number of fused-ring (bicyclic) bond motifs is 3. The summed E-state index contributed by atoms with van der Waals surface area (Å²) in [6, 6.07) is 12.1. The van der Waals surface area contributed by atoms with Crippen molar-refractivity contribution < 1.29 is 14.4 Å². The Kier molecular flexibility index (Phi) is 3.99. The predicted octanol–water partition coefficient (Wildman–Crippen LogP) is 2.14. The molecule has 92 valence electrons. The molecule has 3 rings (SSSR count). The van der Waals surface area contributed by atoms with Crippen LogP contribution in [0.15, 0.2) is 48.8 Å². The lowest BCUT2D eigenvalue weighted by molar-refractivity contribution is 0.405. The summed E-state index contributed by atoms with van der Waals surface area (Å²) >= 11 is 0. The third-order valence-corrected chi connectivity index (χ3v) is 2.34. The Morgan fingerprint density at radius 2 is 1.22 bits per heavy atom. The van der Waals surface area contributed by atoms with E-state index >= 15 is 0 Å². The first kappa shape index (κ1) is 12.6. The molecule has 0 atom stereocenters. The van der Waals surface area contributed by atoms with Gasteiger partial charge in [0, 0.05) is 23.2 Å². The molecule has 5 nitrogen and oxygen atoms in total. The van der Waals surface area contributed by atoms with E-state index in [1.807, 2.05) is 12.1 Å². The Hall–Kier alpha value is -1.81. The molecule has 2 aromatic heterocycles. The second-order valence-corrected chi connectivity index (χ2v) is 4.06. The molecule has 0 fully saturated rings. The molecule has 0 aliphatic carbocycles. The highest BCUT2D eigenvalue weighted by atomic mass is 31.1. The second kappa shape index (κ2) is 5.69. The van der Waals surface area contributed by atoms with E-state index in [9.17, 15) is 0 Å². The minimum atomic E-state index is -3.13. The van der Waals surface area contributed by atoms with Gasteiger partial charge in [-0.15, -0.1) is 0 Å². The Morgan fingerprint density at radius 1 is 0.833 bits per heavy atom. The summed E-state index contributed by atoms with van der Waals surface area (Å²) in [4.78, 5) is 23.0. The van der Waals surface area contributed by atoms with Crippen molar-refractivity contribution in [3.63, 3.8) is 0 Å². The van der Waals surface area contributed by atoms with E-state index in [1.54, 1.807) is 12.4 Å². The summed E-state index contributed by atoms with van der Waals surface area (Å²) in [5.74, 6) is 0. The largest absolute Gasteiger partial charge is 0.326 e. The van der Waals surface area contributed by atoms with Crippen LogP contribution in [0.25, 0.3) is 21.8 Å². The Morgan fingerprint density at radius 3 is 1.61 bits per heavy atom. The van der Waals surface area contributed by atoms with Crippen molar-refractivity contribution in [3.8, 4) is 0 Å². The molecule has 0 aliphatic heterocycles. The number of hydrogen-bond acceptors (Lipinski definition) is 3. The zero-order valence-corrected chi connectivity index (χ0v) is 10.3. The number of hydrogen-bond donors (Lipinski definition) is 2. The highest BCUT2D eigenvalue weighted by molar-refractivity contribution is 7.30. The average molecular weight is 262 g/mol. The van der Waals surface area contributed by atoms with Crippen LogP contribution in [-0.4, -0.2) is 19.8 Å². The van der Waals surface area contributed by atoms with Gasteiger partial charge >= 0.3 is 8.25 Å². The fraction of sp³-hybridized carbons (Fsp3) is 0. The zero-order valence-electron chi connectivity index (χ0n) is 9.32. The highest BCUT2D eigenvalue weighted by Crippen LogP contribution is 2.20. The van der Waals surface area contributed by atoms with Gasteiger partial charge in [0.05, 0.1) is 11.0 Å². The Balaban J connectivity index is 0.000000267. The van der Waals surface area contributed by atoms with Gasteiger partial charge in [0.15, 0.2) is 0 Å². The molecule has 0 aliphatic rings. The van der Waals surface area contributed by atoms with E-state index in [2.05, 4.69) is 34.2 Å². The van der Waals surface area contributed by atoms with Crippen LogP contribution in [0.1, 0.15) is 0 Å². The predicted molar refractivity (Wildman–Crippen MR) is 70.5 cm³/mol. The van der Waals surface area contributed by atoms with Crippen LogP contribution in [0.2, 0.25) is 0 Å². The standard InChI is InChI=1S/C12H8N2.H3O3P/c1-3-9-5-6-10-4-2-8-14-12(10)11(9)13-7-1;1-4(2)3/h1-8H;4H,(H2,1,2,3). The molecule has 0 saturated heterocycles. The van der Waals surface area contributed by atoms with Crippen molar-refractivity contribution in [2.75, 3.05) is 0 Å². The summed E-state index contributed by atoms with van der Waals surface area (Å²) in [6.07, 6.45) is 3.60. The fourth-order valence-corrected chi connectivity index (χ4v) is 1.68. The van der Waals surface area contributed by atoms with Gasteiger partial charge in [-0.25, -0.2) is 0 Å². The van der Waals surface area contributed by atoms with Gasteiger partial charge in [-0.3, -0.25) is 14.5 Å². The first-order valence-corrected chi connectivity index (χ1v) is 6.49. The number of aromatic nitrogens is 2. The number of nitrogens with zero attached hydrogens (tertiary/aromatic N) is 2. The number of pyridine rings is 2. The lowest BCUT2D eigenvalue weighted by atomic mass is 10.1. The van der Waals surface area contributed by atoms with Gasteiger partial charge in [-0.05, 0) is 12.1 Å². The Labute approximate surface area is 104 Å². The lowest BCUT2D eigenvalue weighted by Crippen LogP contribution is -1.83. The van der Waals surface area contributed by atoms with Crippen molar-refractivity contribution in [3.05, 3.63) is 48.8 Å². The van der Waals surface area contributed by atoms with Crippen molar-refractivity contribution in [1.82, 2.24) is 9.97 Å². The average Bonchev–Trinajstić information content (AvgIpc) is 2.38. The van der Waals surface area contributed by atoms with Crippen LogP contribution < -0.4 is 0 Å². The van der Waals surface area contributed by atoms with E-state index in [0.717, 1.165) is 21.8 Å². The number of benzene rings is 1. The van der Waals surface area contributed by atoms with Gasteiger partial charge in [-0.2, -0.15) is 0 Å². The molecule has 2 N–H and O–H groups in total. The normalized spacial score (nSPS) is 10.4. The summed E-state index contributed by atoms with van der Waals surface area (Å²) < 4.78 is 8.74. The molecule has 0 saturated carbocycles. The van der Waals surface area contributed by atoms with E-state index in [4.69, 9.17) is 14.4 Å². The summed E-state index contributed by atoms with van der Waals surface area (Å²) in [6.45, 7) is 0. The summed E-state index contributed by atoms with van der Waals surface area (Å²) in [5, 5.41) is 2.28. The molecule has 0 amide bonds. The van der Waals surface area contributed by atoms with Crippen LogP contribution in [0.5, 0.6) is 0 Å². The number of rotatable bonds is 0. The quantitative estimate of drug-likeness (QED) is 0.479. The van der Waals surface area contributed by atoms with E-state index in [0.29, 0.717) is 0 Å². The molecule has 6 heteroatoms.